The second-order valence-corrected chi connectivity index (χ2v) is 4.20. The Balaban J connectivity index is 2.21. The van der Waals surface area contributed by atoms with Gasteiger partial charge < -0.3 is 5.73 Å². The molecule has 5 heteroatoms. The summed E-state index contributed by atoms with van der Waals surface area (Å²) in [5.41, 5.74) is 7.91. The predicted octanol–water partition coefficient (Wildman–Crippen LogP) is 2.47. The molecule has 3 aromatic rings. The van der Waals surface area contributed by atoms with E-state index in [2.05, 4.69) is 10.2 Å². The Morgan fingerprint density at radius 2 is 1.89 bits per heavy atom. The van der Waals surface area contributed by atoms with Gasteiger partial charge in [0.15, 0.2) is 0 Å². The zero-order valence-electron chi connectivity index (χ0n) is 9.85. The highest BCUT2D eigenvalue weighted by Crippen LogP contribution is 2.27. The molecule has 0 radical (unpaired) electrons. The van der Waals surface area contributed by atoms with Gasteiger partial charge in [-0.1, -0.05) is 0 Å². The first-order valence-electron chi connectivity index (χ1n) is 5.69. The van der Waals surface area contributed by atoms with Gasteiger partial charge in [-0.3, -0.25) is 9.89 Å². The standard InChI is InChI=1S/C14H10FN3O/c15-10-4-1-8(2-5-10)13-11-7-9(14(16)19)3-6-12(11)17-18-13/h1-7H,(H2,16,19)(H,17,18). The van der Waals surface area contributed by atoms with E-state index < -0.39 is 5.91 Å². The van der Waals surface area contributed by atoms with E-state index in [9.17, 15) is 9.18 Å². The van der Waals surface area contributed by atoms with E-state index in [-0.39, 0.29) is 5.82 Å². The molecule has 0 saturated heterocycles. The van der Waals surface area contributed by atoms with Crippen molar-refractivity contribution in [2.45, 2.75) is 0 Å². The molecule has 2 aromatic carbocycles. The average molecular weight is 255 g/mol. The van der Waals surface area contributed by atoms with Gasteiger partial charge in [0.25, 0.3) is 0 Å². The summed E-state index contributed by atoms with van der Waals surface area (Å²) in [6, 6.07) is 11.1. The maximum atomic E-state index is 12.9. The molecule has 0 fully saturated rings. The molecule has 94 valence electrons. The average Bonchev–Trinajstić information content (AvgIpc) is 2.82. The van der Waals surface area contributed by atoms with E-state index in [0.29, 0.717) is 11.3 Å². The van der Waals surface area contributed by atoms with Crippen LogP contribution in [0.15, 0.2) is 42.5 Å². The highest BCUT2D eigenvalue weighted by molar-refractivity contribution is 6.00. The van der Waals surface area contributed by atoms with E-state index in [0.717, 1.165) is 16.5 Å². The van der Waals surface area contributed by atoms with Gasteiger partial charge in [0.05, 0.1) is 11.2 Å². The number of fused-ring (bicyclic) bond motifs is 1. The van der Waals surface area contributed by atoms with Gasteiger partial charge >= 0.3 is 0 Å². The van der Waals surface area contributed by atoms with Crippen LogP contribution in [0, 0.1) is 5.82 Å². The van der Waals surface area contributed by atoms with E-state index in [1.807, 2.05) is 0 Å². The number of rotatable bonds is 2. The predicted molar refractivity (Wildman–Crippen MR) is 70.0 cm³/mol. The van der Waals surface area contributed by atoms with Crippen LogP contribution in [0.25, 0.3) is 22.2 Å². The van der Waals surface area contributed by atoms with Gasteiger partial charge in [0.2, 0.25) is 5.91 Å². The quantitative estimate of drug-likeness (QED) is 0.738. The number of H-pyrrole nitrogens is 1. The first-order chi connectivity index (χ1) is 9.15. The monoisotopic (exact) mass is 255 g/mol. The number of hydrogen-bond donors (Lipinski definition) is 2. The Morgan fingerprint density at radius 1 is 1.16 bits per heavy atom. The van der Waals surface area contributed by atoms with Crippen LogP contribution in [0.5, 0.6) is 0 Å². The van der Waals surface area contributed by atoms with Crippen molar-refractivity contribution in [2.75, 3.05) is 0 Å². The van der Waals surface area contributed by atoms with Crippen molar-refractivity contribution in [1.82, 2.24) is 10.2 Å². The van der Waals surface area contributed by atoms with Crippen molar-refractivity contribution in [2.24, 2.45) is 5.73 Å². The number of amides is 1. The second-order valence-electron chi connectivity index (χ2n) is 4.20. The minimum absolute atomic E-state index is 0.304. The number of carbonyl (C=O) groups is 1. The fourth-order valence-corrected chi connectivity index (χ4v) is 2.00. The van der Waals surface area contributed by atoms with Crippen LogP contribution >= 0.6 is 0 Å². The normalized spacial score (nSPS) is 10.8. The lowest BCUT2D eigenvalue weighted by molar-refractivity contribution is 0.100. The molecule has 4 nitrogen and oxygen atoms in total. The Labute approximate surface area is 108 Å². The van der Waals surface area contributed by atoms with Crippen molar-refractivity contribution in [3.63, 3.8) is 0 Å². The summed E-state index contributed by atoms with van der Waals surface area (Å²) in [5.74, 6) is -0.797. The first-order valence-corrected chi connectivity index (χ1v) is 5.69. The number of benzene rings is 2. The van der Waals surface area contributed by atoms with Crippen molar-refractivity contribution in [3.8, 4) is 11.3 Å². The molecule has 1 amide bonds. The minimum atomic E-state index is -0.492. The number of hydrogen-bond acceptors (Lipinski definition) is 2. The highest BCUT2D eigenvalue weighted by atomic mass is 19.1. The number of nitrogens with zero attached hydrogens (tertiary/aromatic N) is 1. The zero-order chi connectivity index (χ0) is 13.4. The maximum absolute atomic E-state index is 12.9. The number of nitrogens with one attached hydrogen (secondary N) is 1. The Hall–Kier alpha value is -2.69. The van der Waals surface area contributed by atoms with Crippen LogP contribution in [-0.2, 0) is 0 Å². The Bertz CT molecular complexity index is 762. The summed E-state index contributed by atoms with van der Waals surface area (Å²) in [6.45, 7) is 0. The van der Waals surface area contributed by atoms with Gasteiger partial charge in [-0.25, -0.2) is 4.39 Å². The maximum Gasteiger partial charge on any atom is 0.248 e. The lowest BCUT2D eigenvalue weighted by Crippen LogP contribution is -2.10. The summed E-state index contributed by atoms with van der Waals surface area (Å²) in [4.78, 5) is 11.2. The molecule has 19 heavy (non-hydrogen) atoms. The summed E-state index contributed by atoms with van der Waals surface area (Å²) in [6.07, 6.45) is 0. The molecule has 0 spiro atoms. The number of aromatic amines is 1. The molecule has 0 aliphatic rings. The third kappa shape index (κ3) is 1.95. The molecule has 1 heterocycles. The summed E-state index contributed by atoms with van der Waals surface area (Å²) in [5, 5.41) is 7.85. The molecule has 1 aromatic heterocycles. The fraction of sp³-hybridized carbons (Fsp3) is 0. The fourth-order valence-electron chi connectivity index (χ4n) is 2.00. The van der Waals surface area contributed by atoms with Crippen molar-refractivity contribution < 1.29 is 9.18 Å². The second kappa shape index (κ2) is 4.20. The summed E-state index contributed by atoms with van der Waals surface area (Å²) in [7, 11) is 0. The molecule has 0 aliphatic heterocycles. The summed E-state index contributed by atoms with van der Waals surface area (Å²) < 4.78 is 12.9. The summed E-state index contributed by atoms with van der Waals surface area (Å²) >= 11 is 0. The molecule has 0 atom stereocenters. The topological polar surface area (TPSA) is 71.8 Å². The third-order valence-corrected chi connectivity index (χ3v) is 2.97. The van der Waals surface area contributed by atoms with Crippen molar-refractivity contribution in [3.05, 3.63) is 53.8 Å². The smallest absolute Gasteiger partial charge is 0.248 e. The van der Waals surface area contributed by atoms with Crippen LogP contribution < -0.4 is 5.73 Å². The van der Waals surface area contributed by atoms with Crippen LogP contribution in [0.2, 0.25) is 0 Å². The van der Waals surface area contributed by atoms with E-state index >= 15 is 0 Å². The van der Waals surface area contributed by atoms with Crippen LogP contribution in [0.3, 0.4) is 0 Å². The molecule has 3 N–H and O–H groups in total. The Kier molecular flexibility index (Phi) is 2.52. The molecule has 3 rings (SSSR count). The zero-order valence-corrected chi connectivity index (χ0v) is 9.85. The van der Waals surface area contributed by atoms with Gasteiger partial charge in [0.1, 0.15) is 5.82 Å². The molecule has 0 unspecified atom stereocenters. The highest BCUT2D eigenvalue weighted by Gasteiger charge is 2.10. The molecular formula is C14H10FN3O. The SMILES string of the molecule is NC(=O)c1ccc2[nH]nc(-c3ccc(F)cc3)c2c1. The molecular weight excluding hydrogens is 245 g/mol. The van der Waals surface area contributed by atoms with Gasteiger partial charge in [-0.15, -0.1) is 0 Å². The van der Waals surface area contributed by atoms with Crippen LogP contribution in [0.4, 0.5) is 4.39 Å². The van der Waals surface area contributed by atoms with E-state index in [1.165, 1.54) is 12.1 Å². The number of halogens is 1. The van der Waals surface area contributed by atoms with Crippen molar-refractivity contribution >= 4 is 16.8 Å². The molecule has 0 bridgehead atoms. The lowest BCUT2D eigenvalue weighted by atomic mass is 10.1. The Morgan fingerprint density at radius 3 is 2.58 bits per heavy atom. The van der Waals surface area contributed by atoms with E-state index in [1.54, 1.807) is 30.3 Å². The molecule has 0 aliphatic carbocycles. The number of primary amides is 1. The number of aromatic nitrogens is 2. The van der Waals surface area contributed by atoms with Gasteiger partial charge in [-0.05, 0) is 42.5 Å². The van der Waals surface area contributed by atoms with Crippen LogP contribution in [-0.4, -0.2) is 16.1 Å². The number of carbonyl (C=O) groups excluding carboxylic acids is 1. The third-order valence-electron chi connectivity index (χ3n) is 2.97. The van der Waals surface area contributed by atoms with Crippen LogP contribution in [0.1, 0.15) is 10.4 Å². The number of nitrogens with two attached hydrogens (primary N) is 1. The van der Waals surface area contributed by atoms with E-state index in [4.69, 9.17) is 5.73 Å². The largest absolute Gasteiger partial charge is 0.366 e. The van der Waals surface area contributed by atoms with Crippen molar-refractivity contribution in [1.29, 1.82) is 0 Å². The first kappa shape index (κ1) is 11.4. The van der Waals surface area contributed by atoms with Gasteiger partial charge in [0, 0.05) is 16.5 Å². The van der Waals surface area contributed by atoms with Gasteiger partial charge in [-0.2, -0.15) is 5.10 Å². The lowest BCUT2D eigenvalue weighted by Gasteiger charge is -1.99. The molecule has 0 saturated carbocycles. The minimum Gasteiger partial charge on any atom is -0.366 e.